The highest BCUT2D eigenvalue weighted by Crippen LogP contribution is 2.23. The van der Waals surface area contributed by atoms with Crippen LogP contribution in [-0.2, 0) is 13.1 Å². The highest BCUT2D eigenvalue weighted by atomic mass is 16.3. The van der Waals surface area contributed by atoms with Crippen LogP contribution < -0.4 is 0 Å². The van der Waals surface area contributed by atoms with Gasteiger partial charge in [0.05, 0.1) is 13.2 Å². The summed E-state index contributed by atoms with van der Waals surface area (Å²) in [4.78, 5) is 6.85. The molecule has 0 bridgehead atoms. The van der Waals surface area contributed by atoms with Gasteiger partial charge in [-0.2, -0.15) is 0 Å². The Bertz CT molecular complexity index is 345. The molecule has 4 heteroatoms. The SMILES string of the molecule is CCn1ccnc1CN(CCO)C1CCCCC1. The molecule has 1 aliphatic carbocycles. The molecule has 102 valence electrons. The molecule has 0 amide bonds. The maximum absolute atomic E-state index is 9.25. The first-order chi connectivity index (χ1) is 8.85. The summed E-state index contributed by atoms with van der Waals surface area (Å²) < 4.78 is 2.19. The van der Waals surface area contributed by atoms with Gasteiger partial charge in [-0.05, 0) is 19.8 Å². The molecule has 1 fully saturated rings. The zero-order valence-corrected chi connectivity index (χ0v) is 11.4. The molecule has 18 heavy (non-hydrogen) atoms. The summed E-state index contributed by atoms with van der Waals surface area (Å²) in [5.74, 6) is 1.12. The molecule has 4 nitrogen and oxygen atoms in total. The highest BCUT2D eigenvalue weighted by Gasteiger charge is 2.21. The van der Waals surface area contributed by atoms with E-state index in [1.165, 1.54) is 32.1 Å². The van der Waals surface area contributed by atoms with Gasteiger partial charge in [-0.3, -0.25) is 4.90 Å². The quantitative estimate of drug-likeness (QED) is 0.841. The summed E-state index contributed by atoms with van der Waals surface area (Å²) in [6.45, 7) is 4.98. The molecule has 0 radical (unpaired) electrons. The van der Waals surface area contributed by atoms with Crippen molar-refractivity contribution in [1.82, 2.24) is 14.5 Å². The third-order valence-electron chi connectivity index (χ3n) is 3.97. The molecule has 1 aromatic heterocycles. The molecule has 0 saturated heterocycles. The van der Waals surface area contributed by atoms with E-state index in [2.05, 4.69) is 21.4 Å². The van der Waals surface area contributed by atoms with Gasteiger partial charge in [-0.25, -0.2) is 4.98 Å². The molecule has 0 spiro atoms. The molecule has 0 aromatic carbocycles. The number of imidazole rings is 1. The Hall–Kier alpha value is -0.870. The van der Waals surface area contributed by atoms with E-state index in [-0.39, 0.29) is 6.61 Å². The molecule has 0 aliphatic heterocycles. The Morgan fingerprint density at radius 3 is 2.83 bits per heavy atom. The van der Waals surface area contributed by atoms with Crippen molar-refractivity contribution < 1.29 is 5.11 Å². The predicted molar refractivity (Wildman–Crippen MR) is 72.3 cm³/mol. The van der Waals surface area contributed by atoms with Gasteiger partial charge in [0.1, 0.15) is 5.82 Å². The Morgan fingerprint density at radius 2 is 2.17 bits per heavy atom. The lowest BCUT2D eigenvalue weighted by Crippen LogP contribution is -2.38. The first-order valence-corrected chi connectivity index (χ1v) is 7.20. The lowest BCUT2D eigenvalue weighted by Gasteiger charge is -2.33. The van der Waals surface area contributed by atoms with Crippen molar-refractivity contribution in [2.24, 2.45) is 0 Å². The molecule has 0 unspecified atom stereocenters. The second kappa shape index (κ2) is 6.90. The summed E-state index contributed by atoms with van der Waals surface area (Å²) in [5.41, 5.74) is 0. The Balaban J connectivity index is 2.00. The van der Waals surface area contributed by atoms with E-state index in [4.69, 9.17) is 0 Å². The van der Waals surface area contributed by atoms with E-state index in [1.54, 1.807) is 0 Å². The largest absolute Gasteiger partial charge is 0.395 e. The summed E-state index contributed by atoms with van der Waals surface area (Å²) in [6, 6.07) is 0.632. The zero-order valence-electron chi connectivity index (χ0n) is 11.4. The molecular formula is C14H25N3O. The number of aliphatic hydroxyl groups excluding tert-OH is 1. The van der Waals surface area contributed by atoms with Crippen LogP contribution in [-0.4, -0.2) is 38.8 Å². The van der Waals surface area contributed by atoms with E-state index in [0.29, 0.717) is 6.04 Å². The van der Waals surface area contributed by atoms with Crippen LogP contribution in [0, 0.1) is 0 Å². The summed E-state index contributed by atoms with van der Waals surface area (Å²) in [6.07, 6.45) is 10.5. The van der Waals surface area contributed by atoms with Crippen molar-refractivity contribution >= 4 is 0 Å². The minimum absolute atomic E-state index is 0.239. The van der Waals surface area contributed by atoms with Gasteiger partial charge in [0, 0.05) is 31.5 Å². The van der Waals surface area contributed by atoms with Crippen LogP contribution in [0.5, 0.6) is 0 Å². The summed E-state index contributed by atoms with van der Waals surface area (Å²) in [5, 5.41) is 9.25. The Labute approximate surface area is 110 Å². The van der Waals surface area contributed by atoms with Gasteiger partial charge in [0.15, 0.2) is 0 Å². The zero-order chi connectivity index (χ0) is 12.8. The van der Waals surface area contributed by atoms with Crippen LogP contribution in [0.2, 0.25) is 0 Å². The number of nitrogens with zero attached hydrogens (tertiary/aromatic N) is 3. The number of aliphatic hydroxyl groups is 1. The molecule has 1 aliphatic rings. The lowest BCUT2D eigenvalue weighted by molar-refractivity contribution is 0.113. The second-order valence-electron chi connectivity index (χ2n) is 5.12. The minimum Gasteiger partial charge on any atom is -0.395 e. The van der Waals surface area contributed by atoms with E-state index in [0.717, 1.165) is 25.5 Å². The van der Waals surface area contributed by atoms with Gasteiger partial charge in [-0.15, -0.1) is 0 Å². The van der Waals surface area contributed by atoms with Crippen molar-refractivity contribution in [1.29, 1.82) is 0 Å². The molecule has 2 rings (SSSR count). The van der Waals surface area contributed by atoms with Gasteiger partial charge in [0.2, 0.25) is 0 Å². The van der Waals surface area contributed by atoms with Crippen molar-refractivity contribution in [3.05, 3.63) is 18.2 Å². The average molecular weight is 251 g/mol. The Kier molecular flexibility index (Phi) is 5.20. The van der Waals surface area contributed by atoms with Gasteiger partial charge < -0.3 is 9.67 Å². The number of hydrogen-bond acceptors (Lipinski definition) is 3. The fourth-order valence-corrected chi connectivity index (χ4v) is 2.93. The van der Waals surface area contributed by atoms with Crippen LogP contribution in [0.25, 0.3) is 0 Å². The molecule has 1 N–H and O–H groups in total. The number of rotatable bonds is 6. The average Bonchev–Trinajstić information content (AvgIpc) is 2.86. The molecule has 1 aromatic rings. The Morgan fingerprint density at radius 1 is 1.39 bits per heavy atom. The fraction of sp³-hybridized carbons (Fsp3) is 0.786. The van der Waals surface area contributed by atoms with E-state index in [9.17, 15) is 5.11 Å². The standard InChI is InChI=1S/C14H25N3O/c1-2-16-9-8-15-14(16)12-17(10-11-18)13-6-4-3-5-7-13/h8-9,13,18H,2-7,10-12H2,1H3. The third-order valence-corrected chi connectivity index (χ3v) is 3.97. The third kappa shape index (κ3) is 3.33. The van der Waals surface area contributed by atoms with Crippen molar-refractivity contribution in [3.63, 3.8) is 0 Å². The van der Waals surface area contributed by atoms with Crippen LogP contribution >= 0.6 is 0 Å². The molecule has 1 saturated carbocycles. The molecule has 1 heterocycles. The van der Waals surface area contributed by atoms with Crippen LogP contribution in [0.3, 0.4) is 0 Å². The first kappa shape index (κ1) is 13.6. The van der Waals surface area contributed by atoms with Crippen LogP contribution in [0.15, 0.2) is 12.4 Å². The molecular weight excluding hydrogens is 226 g/mol. The highest BCUT2D eigenvalue weighted by molar-refractivity contribution is 4.93. The monoisotopic (exact) mass is 251 g/mol. The van der Waals surface area contributed by atoms with E-state index in [1.807, 2.05) is 12.4 Å². The minimum atomic E-state index is 0.239. The van der Waals surface area contributed by atoms with Crippen molar-refractivity contribution in [2.45, 2.75) is 58.2 Å². The normalized spacial score (nSPS) is 17.5. The lowest BCUT2D eigenvalue weighted by atomic mass is 9.94. The maximum Gasteiger partial charge on any atom is 0.122 e. The topological polar surface area (TPSA) is 41.3 Å². The maximum atomic E-state index is 9.25. The molecule has 0 atom stereocenters. The first-order valence-electron chi connectivity index (χ1n) is 7.20. The predicted octanol–water partition coefficient (Wildman–Crippen LogP) is 2.03. The number of hydrogen-bond donors (Lipinski definition) is 1. The van der Waals surface area contributed by atoms with Crippen LogP contribution in [0.4, 0.5) is 0 Å². The smallest absolute Gasteiger partial charge is 0.122 e. The van der Waals surface area contributed by atoms with Gasteiger partial charge >= 0.3 is 0 Å². The van der Waals surface area contributed by atoms with E-state index >= 15 is 0 Å². The number of aromatic nitrogens is 2. The van der Waals surface area contributed by atoms with E-state index < -0.39 is 0 Å². The number of aryl methyl sites for hydroxylation is 1. The van der Waals surface area contributed by atoms with Crippen molar-refractivity contribution in [3.8, 4) is 0 Å². The van der Waals surface area contributed by atoms with Crippen molar-refractivity contribution in [2.75, 3.05) is 13.2 Å². The summed E-state index contributed by atoms with van der Waals surface area (Å²) >= 11 is 0. The second-order valence-corrected chi connectivity index (χ2v) is 5.12. The van der Waals surface area contributed by atoms with Gasteiger partial charge in [-0.1, -0.05) is 19.3 Å². The summed E-state index contributed by atoms with van der Waals surface area (Å²) in [7, 11) is 0. The van der Waals surface area contributed by atoms with Gasteiger partial charge in [0.25, 0.3) is 0 Å². The van der Waals surface area contributed by atoms with Crippen LogP contribution in [0.1, 0.15) is 44.9 Å². The fourth-order valence-electron chi connectivity index (χ4n) is 2.93.